The van der Waals surface area contributed by atoms with Crippen LogP contribution in [0.25, 0.3) is 0 Å². The molecule has 0 fully saturated rings. The quantitative estimate of drug-likeness (QED) is 0.602. The summed E-state index contributed by atoms with van der Waals surface area (Å²) in [6.45, 7) is 8.39. The predicted octanol–water partition coefficient (Wildman–Crippen LogP) is 1.71. The van der Waals surface area contributed by atoms with Crippen LogP contribution < -0.4 is 10.6 Å². The molecule has 0 aliphatic heterocycles. The Morgan fingerprint density at radius 1 is 0.882 bits per heavy atom. The second-order valence-electron chi connectivity index (χ2n) is 4.21. The van der Waals surface area contributed by atoms with E-state index in [0.29, 0.717) is 12.1 Å². The Kier molecular flexibility index (Phi) is 10.5. The molecule has 0 spiro atoms. The molecular formula is C12H28CuN2O2. The molecule has 0 aliphatic carbocycles. The molecule has 2 N–H and O–H groups in total. The second kappa shape index (κ2) is 10.3. The molecule has 4 unspecified atom stereocenters. The first-order chi connectivity index (χ1) is 8.10. The van der Waals surface area contributed by atoms with Crippen molar-refractivity contribution in [2.24, 2.45) is 0 Å². The van der Waals surface area contributed by atoms with Gasteiger partial charge in [0.05, 0.1) is 0 Å². The molecule has 0 amide bonds. The molecule has 109 valence electrons. The first-order valence-corrected chi connectivity index (χ1v) is 7.12. The topological polar surface area (TPSA) is 42.5 Å². The van der Waals surface area contributed by atoms with Crippen LogP contribution in [0.15, 0.2) is 0 Å². The molecule has 4 atom stereocenters. The van der Waals surface area contributed by atoms with Crippen molar-refractivity contribution in [3.8, 4) is 0 Å². The molecule has 0 aromatic heterocycles. The van der Waals surface area contributed by atoms with Crippen molar-refractivity contribution in [2.75, 3.05) is 14.1 Å². The van der Waals surface area contributed by atoms with Crippen molar-refractivity contribution in [3.05, 3.63) is 0 Å². The summed E-state index contributed by atoms with van der Waals surface area (Å²) in [7, 11) is 3.91. The van der Waals surface area contributed by atoms with Crippen molar-refractivity contribution in [1.82, 2.24) is 10.6 Å². The number of nitrogens with one attached hydrogen (secondary N) is 2. The van der Waals surface area contributed by atoms with Crippen LogP contribution in [0.3, 0.4) is 0 Å². The molecule has 0 heterocycles. The normalized spacial score (nSPS) is 18.9. The van der Waals surface area contributed by atoms with Gasteiger partial charge in [0, 0.05) is 0 Å². The molecule has 0 aromatic carbocycles. The monoisotopic (exact) mass is 295 g/mol. The van der Waals surface area contributed by atoms with Gasteiger partial charge >= 0.3 is 113 Å². The fourth-order valence-corrected chi connectivity index (χ4v) is 2.40. The van der Waals surface area contributed by atoms with Crippen LogP contribution >= 0.6 is 0 Å². The second-order valence-corrected chi connectivity index (χ2v) is 4.81. The van der Waals surface area contributed by atoms with Gasteiger partial charge in [0.15, 0.2) is 0 Å². The van der Waals surface area contributed by atoms with Crippen LogP contribution in [0.1, 0.15) is 40.5 Å². The van der Waals surface area contributed by atoms with E-state index in [9.17, 15) is 0 Å². The first kappa shape index (κ1) is 17.4. The van der Waals surface area contributed by atoms with Gasteiger partial charge in [0.1, 0.15) is 0 Å². The van der Waals surface area contributed by atoms with Gasteiger partial charge in [-0.2, -0.15) is 0 Å². The number of likely N-dealkylation sites (N-methyl/N-ethyl adjacent to an activating group) is 2. The first-order valence-electron chi connectivity index (χ1n) is 6.35. The van der Waals surface area contributed by atoms with Crippen molar-refractivity contribution in [2.45, 2.75) is 64.8 Å². The number of hydrogen-bond donors (Lipinski definition) is 2. The molecule has 4 nitrogen and oxygen atoms in total. The van der Waals surface area contributed by atoms with E-state index >= 15 is 0 Å². The van der Waals surface area contributed by atoms with Gasteiger partial charge in [-0.15, -0.1) is 0 Å². The Labute approximate surface area is 113 Å². The van der Waals surface area contributed by atoms with Gasteiger partial charge in [0.25, 0.3) is 0 Å². The zero-order valence-electron chi connectivity index (χ0n) is 11.8. The average molecular weight is 296 g/mol. The molecule has 0 saturated carbocycles. The maximum atomic E-state index is 5.59. The average Bonchev–Trinajstić information content (AvgIpc) is 2.32. The third-order valence-corrected chi connectivity index (χ3v) is 3.92. The van der Waals surface area contributed by atoms with Gasteiger partial charge < -0.3 is 0 Å². The molecule has 0 radical (unpaired) electrons. The third kappa shape index (κ3) is 6.75. The predicted molar refractivity (Wildman–Crippen MR) is 67.4 cm³/mol. The molecule has 0 saturated heterocycles. The third-order valence-electron chi connectivity index (χ3n) is 3.04. The van der Waals surface area contributed by atoms with Gasteiger partial charge in [-0.05, 0) is 0 Å². The molecule has 0 aliphatic rings. The molecule has 0 aromatic rings. The Morgan fingerprint density at radius 2 is 1.24 bits per heavy atom. The van der Waals surface area contributed by atoms with Gasteiger partial charge in [0.2, 0.25) is 0 Å². The Bertz CT molecular complexity index is 158. The van der Waals surface area contributed by atoms with E-state index in [-0.39, 0.29) is 12.2 Å². The van der Waals surface area contributed by atoms with E-state index in [0.717, 1.165) is 12.8 Å². The van der Waals surface area contributed by atoms with Crippen molar-refractivity contribution < 1.29 is 23.3 Å². The molecule has 0 rings (SSSR count). The summed E-state index contributed by atoms with van der Waals surface area (Å²) < 4.78 is 11.2. The van der Waals surface area contributed by atoms with Crippen LogP contribution in [0.2, 0.25) is 0 Å². The van der Waals surface area contributed by atoms with Crippen molar-refractivity contribution in [1.29, 1.82) is 0 Å². The van der Waals surface area contributed by atoms with E-state index < -0.39 is 0 Å². The SMILES string of the molecule is CCC(NC)C(C)[O][Cu][O]C(C)C(CC)NC. The van der Waals surface area contributed by atoms with E-state index in [4.69, 9.17) is 7.64 Å². The summed E-state index contributed by atoms with van der Waals surface area (Å²) in [6, 6.07) is 0.731. The zero-order chi connectivity index (χ0) is 13.3. The molecule has 0 bridgehead atoms. The fourth-order valence-electron chi connectivity index (χ4n) is 1.75. The van der Waals surface area contributed by atoms with Crippen molar-refractivity contribution >= 4 is 0 Å². The summed E-state index contributed by atoms with van der Waals surface area (Å²) in [6.07, 6.45) is 2.35. The van der Waals surface area contributed by atoms with Gasteiger partial charge in [-0.3, -0.25) is 0 Å². The van der Waals surface area contributed by atoms with E-state index in [1.54, 1.807) is 0 Å². The summed E-state index contributed by atoms with van der Waals surface area (Å²) in [5.41, 5.74) is 0. The van der Waals surface area contributed by atoms with Crippen LogP contribution in [0.5, 0.6) is 0 Å². The molecule has 5 heteroatoms. The van der Waals surface area contributed by atoms with Gasteiger partial charge in [-0.25, -0.2) is 0 Å². The van der Waals surface area contributed by atoms with Crippen LogP contribution in [-0.2, 0) is 23.3 Å². The molecular weight excluding hydrogens is 268 g/mol. The van der Waals surface area contributed by atoms with Crippen LogP contribution in [0, 0.1) is 0 Å². The number of rotatable bonds is 10. The minimum atomic E-state index is 0.131. The Morgan fingerprint density at radius 3 is 1.47 bits per heavy atom. The Hall–Kier alpha value is 0.359. The maximum absolute atomic E-state index is 5.59. The van der Waals surface area contributed by atoms with Crippen molar-refractivity contribution in [3.63, 3.8) is 0 Å². The summed E-state index contributed by atoms with van der Waals surface area (Å²) in [4.78, 5) is 0. The van der Waals surface area contributed by atoms with E-state index in [2.05, 4.69) is 38.3 Å². The van der Waals surface area contributed by atoms with Crippen LogP contribution in [0.4, 0.5) is 0 Å². The standard InChI is InChI=1S/2C6H14NO.Cu/c2*1-4-6(7-3)5(2)8;/h2*5-7H,4H2,1-3H3;/q2*-1;+2. The van der Waals surface area contributed by atoms with E-state index in [1.807, 2.05) is 14.1 Å². The minimum absolute atomic E-state index is 0.131. The summed E-state index contributed by atoms with van der Waals surface area (Å²) in [5.74, 6) is 0. The van der Waals surface area contributed by atoms with Gasteiger partial charge in [-0.1, -0.05) is 0 Å². The number of hydrogen-bond acceptors (Lipinski definition) is 4. The van der Waals surface area contributed by atoms with E-state index in [1.165, 1.54) is 15.6 Å². The molecule has 17 heavy (non-hydrogen) atoms. The van der Waals surface area contributed by atoms with Crippen LogP contribution in [-0.4, -0.2) is 38.4 Å². The zero-order valence-corrected chi connectivity index (χ0v) is 12.8. The fraction of sp³-hybridized carbons (Fsp3) is 1.00. The summed E-state index contributed by atoms with van der Waals surface area (Å²) in [5, 5.41) is 6.45. The summed E-state index contributed by atoms with van der Waals surface area (Å²) >= 11 is 1.20. The Balaban J connectivity index is 3.82.